The summed E-state index contributed by atoms with van der Waals surface area (Å²) in [6.45, 7) is 2.04. The van der Waals surface area contributed by atoms with Crippen LogP contribution in [0, 0.1) is 6.92 Å². The van der Waals surface area contributed by atoms with Crippen molar-refractivity contribution in [1.29, 1.82) is 0 Å². The first-order chi connectivity index (χ1) is 8.97. The summed E-state index contributed by atoms with van der Waals surface area (Å²) in [6.07, 6.45) is 0. The van der Waals surface area contributed by atoms with Gasteiger partial charge in [0.25, 0.3) is 0 Å². The van der Waals surface area contributed by atoms with Crippen molar-refractivity contribution in [3.63, 3.8) is 0 Å². The maximum absolute atomic E-state index is 6.13. The number of thiocarbonyl (C=S) groups is 1. The third kappa shape index (κ3) is 3.47. The summed E-state index contributed by atoms with van der Waals surface area (Å²) >= 11 is 14.6. The maximum atomic E-state index is 6.13. The van der Waals surface area contributed by atoms with Gasteiger partial charge in [-0.25, -0.2) is 0 Å². The van der Waals surface area contributed by atoms with Gasteiger partial charge in [-0.15, -0.1) is 0 Å². The molecule has 2 rings (SSSR count). The van der Waals surface area contributed by atoms with Gasteiger partial charge in [-0.2, -0.15) is 0 Å². The van der Waals surface area contributed by atoms with Crippen LogP contribution < -0.4 is 11.1 Å². The van der Waals surface area contributed by atoms with Gasteiger partial charge in [0, 0.05) is 21.4 Å². The fourth-order valence-corrected chi connectivity index (χ4v) is 2.53. The molecular weight excluding hydrogens is 344 g/mol. The fourth-order valence-electron chi connectivity index (χ4n) is 1.63. The summed E-state index contributed by atoms with van der Waals surface area (Å²) in [5.41, 5.74) is 9.32. The van der Waals surface area contributed by atoms with Crippen LogP contribution in [-0.2, 0) is 0 Å². The van der Waals surface area contributed by atoms with Crippen molar-refractivity contribution in [2.24, 2.45) is 5.73 Å². The molecule has 3 N–H and O–H groups in total. The van der Waals surface area contributed by atoms with E-state index in [0.717, 1.165) is 15.8 Å². The van der Waals surface area contributed by atoms with Gasteiger partial charge in [-0.3, -0.25) is 0 Å². The number of rotatable bonds is 3. The second kappa shape index (κ2) is 5.90. The number of hydrogen-bond acceptors (Lipinski definition) is 2. The minimum Gasteiger partial charge on any atom is -0.389 e. The van der Waals surface area contributed by atoms with E-state index in [4.69, 9.17) is 29.6 Å². The first kappa shape index (κ1) is 14.3. The molecule has 98 valence electrons. The Balaban J connectivity index is 2.26. The van der Waals surface area contributed by atoms with E-state index >= 15 is 0 Å². The Morgan fingerprint density at radius 2 is 1.84 bits per heavy atom. The van der Waals surface area contributed by atoms with Crippen LogP contribution in [0.4, 0.5) is 11.4 Å². The normalized spacial score (nSPS) is 10.3. The van der Waals surface area contributed by atoms with Crippen LogP contribution in [0.3, 0.4) is 0 Å². The smallest absolute Gasteiger partial charge is 0.105 e. The maximum Gasteiger partial charge on any atom is 0.105 e. The van der Waals surface area contributed by atoms with E-state index < -0.39 is 0 Å². The lowest BCUT2D eigenvalue weighted by Gasteiger charge is -2.10. The van der Waals surface area contributed by atoms with Gasteiger partial charge < -0.3 is 11.1 Å². The summed E-state index contributed by atoms with van der Waals surface area (Å²) in [5.74, 6) is 0. The average molecular weight is 356 g/mol. The number of aryl methyl sites for hydroxylation is 1. The zero-order chi connectivity index (χ0) is 14.0. The Kier molecular flexibility index (Phi) is 4.45. The van der Waals surface area contributed by atoms with Crippen molar-refractivity contribution >= 4 is 56.1 Å². The Morgan fingerprint density at radius 1 is 1.21 bits per heavy atom. The second-order valence-corrected chi connectivity index (χ2v) is 5.85. The van der Waals surface area contributed by atoms with Gasteiger partial charge >= 0.3 is 0 Å². The van der Waals surface area contributed by atoms with Crippen LogP contribution in [0.25, 0.3) is 0 Å². The lowest BCUT2D eigenvalue weighted by Crippen LogP contribution is -2.09. The minimum atomic E-state index is 0.301. The highest BCUT2D eigenvalue weighted by Crippen LogP contribution is 2.26. The molecule has 0 spiro atoms. The van der Waals surface area contributed by atoms with E-state index in [1.165, 1.54) is 5.56 Å². The monoisotopic (exact) mass is 354 g/mol. The van der Waals surface area contributed by atoms with Gasteiger partial charge in [-0.05, 0) is 42.8 Å². The molecule has 0 aliphatic heterocycles. The van der Waals surface area contributed by atoms with Crippen molar-refractivity contribution in [1.82, 2.24) is 0 Å². The molecule has 0 atom stereocenters. The third-order valence-corrected chi connectivity index (χ3v) is 4.08. The zero-order valence-corrected chi connectivity index (χ0v) is 13.4. The molecule has 2 aromatic carbocycles. The van der Waals surface area contributed by atoms with Crippen LogP contribution in [0.1, 0.15) is 11.1 Å². The van der Waals surface area contributed by atoms with Gasteiger partial charge in [0.1, 0.15) is 4.99 Å². The lowest BCUT2D eigenvalue weighted by molar-refractivity contribution is 1.42. The third-order valence-electron chi connectivity index (χ3n) is 2.70. The number of nitrogens with two attached hydrogens (primary N) is 1. The zero-order valence-electron chi connectivity index (χ0n) is 10.2. The number of halogens is 2. The Hall–Kier alpha value is -1.10. The molecule has 0 aromatic heterocycles. The lowest BCUT2D eigenvalue weighted by atomic mass is 10.2. The molecule has 0 amide bonds. The van der Waals surface area contributed by atoms with Crippen molar-refractivity contribution in [2.45, 2.75) is 6.92 Å². The van der Waals surface area contributed by atoms with Crippen LogP contribution in [0.15, 0.2) is 40.9 Å². The molecule has 2 nitrogen and oxygen atoms in total. The summed E-state index contributed by atoms with van der Waals surface area (Å²) in [5, 5.41) is 3.83. The molecule has 0 aliphatic rings. The molecule has 0 bridgehead atoms. The van der Waals surface area contributed by atoms with Gasteiger partial charge in [-0.1, -0.05) is 45.8 Å². The predicted octanol–water partition coefficient (Wildman–Crippen LogP) is 4.79. The number of nitrogens with one attached hydrogen (secondary N) is 1. The molecule has 5 heteroatoms. The van der Waals surface area contributed by atoms with Crippen molar-refractivity contribution in [2.75, 3.05) is 5.32 Å². The molecule has 0 saturated heterocycles. The summed E-state index contributed by atoms with van der Waals surface area (Å²) in [6, 6.07) is 11.6. The average Bonchev–Trinajstić information content (AvgIpc) is 2.33. The van der Waals surface area contributed by atoms with E-state index in [0.29, 0.717) is 15.6 Å². The fraction of sp³-hybridized carbons (Fsp3) is 0.0714. The molecule has 0 unspecified atom stereocenters. The number of benzene rings is 2. The molecule has 0 heterocycles. The van der Waals surface area contributed by atoms with Crippen molar-refractivity contribution in [3.05, 3.63) is 57.0 Å². The molecule has 0 saturated carbocycles. The van der Waals surface area contributed by atoms with Gasteiger partial charge in [0.15, 0.2) is 0 Å². The summed E-state index contributed by atoms with van der Waals surface area (Å²) in [7, 11) is 0. The summed E-state index contributed by atoms with van der Waals surface area (Å²) < 4.78 is 1.06. The first-order valence-corrected chi connectivity index (χ1v) is 7.18. The van der Waals surface area contributed by atoms with Crippen LogP contribution in [0.5, 0.6) is 0 Å². The van der Waals surface area contributed by atoms with E-state index in [9.17, 15) is 0 Å². The molecule has 2 aromatic rings. The van der Waals surface area contributed by atoms with Crippen LogP contribution in [0.2, 0.25) is 5.02 Å². The van der Waals surface area contributed by atoms with Crippen molar-refractivity contribution in [3.8, 4) is 0 Å². The van der Waals surface area contributed by atoms with Gasteiger partial charge in [0.05, 0.1) is 5.02 Å². The molecule has 0 radical (unpaired) electrons. The van der Waals surface area contributed by atoms with Crippen molar-refractivity contribution < 1.29 is 0 Å². The Morgan fingerprint density at radius 3 is 2.42 bits per heavy atom. The largest absolute Gasteiger partial charge is 0.389 e. The Labute approximate surface area is 131 Å². The first-order valence-electron chi connectivity index (χ1n) is 5.60. The Bertz CT molecular complexity index is 643. The number of anilines is 2. The van der Waals surface area contributed by atoms with E-state index in [2.05, 4.69) is 21.2 Å². The topological polar surface area (TPSA) is 38.0 Å². The second-order valence-electron chi connectivity index (χ2n) is 4.15. The predicted molar refractivity (Wildman–Crippen MR) is 89.5 cm³/mol. The van der Waals surface area contributed by atoms with Crippen LogP contribution >= 0.6 is 39.7 Å². The highest BCUT2D eigenvalue weighted by Gasteiger charge is 2.05. The van der Waals surface area contributed by atoms with Gasteiger partial charge in [0.2, 0.25) is 0 Å². The SMILES string of the molecule is Cc1ccc(Nc2ccc(C(N)=S)c(Cl)c2)cc1Br. The molecule has 19 heavy (non-hydrogen) atoms. The van der Waals surface area contributed by atoms with E-state index in [-0.39, 0.29) is 0 Å². The minimum absolute atomic E-state index is 0.301. The quantitative estimate of drug-likeness (QED) is 0.778. The summed E-state index contributed by atoms with van der Waals surface area (Å²) in [4.78, 5) is 0.301. The molecular formula is C14H12BrClN2S. The molecule has 0 aliphatic carbocycles. The highest BCUT2D eigenvalue weighted by atomic mass is 79.9. The van der Waals surface area contributed by atoms with Crippen LogP contribution in [-0.4, -0.2) is 4.99 Å². The highest BCUT2D eigenvalue weighted by molar-refractivity contribution is 9.10. The molecule has 0 fully saturated rings. The standard InChI is InChI=1S/C14H12BrClN2S/c1-8-2-3-9(6-12(8)15)18-10-4-5-11(14(17)19)13(16)7-10/h2-7,18H,1H3,(H2,17,19). The number of hydrogen-bond donors (Lipinski definition) is 2. The van der Waals surface area contributed by atoms with E-state index in [1.54, 1.807) is 0 Å². The van der Waals surface area contributed by atoms with E-state index in [1.807, 2.05) is 43.3 Å².